The average Bonchev–Trinajstić information content (AvgIpc) is 2.24. The smallest absolute Gasteiger partial charge is 0.389 e. The molecule has 0 unspecified atom stereocenters. The van der Waals surface area contributed by atoms with Crippen LogP contribution in [0.25, 0.3) is 0 Å². The lowest BCUT2D eigenvalue weighted by Gasteiger charge is -2.23. The fraction of sp³-hybridized carbons (Fsp3) is 0.364. The van der Waals surface area contributed by atoms with Gasteiger partial charge < -0.3 is 10.6 Å². The summed E-state index contributed by atoms with van der Waals surface area (Å²) in [7, 11) is 1.58. The van der Waals surface area contributed by atoms with Crippen LogP contribution in [0, 0.1) is 0 Å². The van der Waals surface area contributed by atoms with Crippen molar-refractivity contribution in [2.75, 3.05) is 18.5 Å². The Bertz CT molecular complexity index is 448. The van der Waals surface area contributed by atoms with Gasteiger partial charge in [0.25, 0.3) is 0 Å². The SMILES string of the molecule is CN(CCC(F)(F)F)c1cc(Br)ccc1C(N)=S. The molecule has 0 spiro atoms. The Labute approximate surface area is 117 Å². The van der Waals surface area contributed by atoms with E-state index in [1.54, 1.807) is 25.2 Å². The van der Waals surface area contributed by atoms with E-state index in [4.69, 9.17) is 18.0 Å². The molecule has 7 heteroatoms. The molecule has 0 aliphatic rings. The van der Waals surface area contributed by atoms with Gasteiger partial charge in [-0.15, -0.1) is 0 Å². The number of hydrogen-bond donors (Lipinski definition) is 1. The second-order valence-corrected chi connectivity index (χ2v) is 5.17. The lowest BCUT2D eigenvalue weighted by Crippen LogP contribution is -2.26. The molecular weight excluding hydrogens is 329 g/mol. The van der Waals surface area contributed by atoms with Crippen LogP contribution in [0.3, 0.4) is 0 Å². The normalized spacial score (nSPS) is 11.4. The number of nitrogens with zero attached hydrogens (tertiary/aromatic N) is 1. The van der Waals surface area contributed by atoms with Crippen LogP contribution in [0.5, 0.6) is 0 Å². The number of nitrogens with two attached hydrogens (primary N) is 1. The summed E-state index contributed by atoms with van der Waals surface area (Å²) in [5.41, 5.74) is 6.70. The first-order valence-corrected chi connectivity index (χ1v) is 6.28. The summed E-state index contributed by atoms with van der Waals surface area (Å²) < 4.78 is 37.3. The lowest BCUT2D eigenvalue weighted by atomic mass is 10.1. The third kappa shape index (κ3) is 4.45. The molecule has 1 rings (SSSR count). The number of benzene rings is 1. The van der Waals surface area contributed by atoms with Gasteiger partial charge in [0.1, 0.15) is 4.99 Å². The summed E-state index contributed by atoms with van der Waals surface area (Å²) in [6.45, 7) is -0.143. The molecule has 18 heavy (non-hydrogen) atoms. The van der Waals surface area contributed by atoms with Crippen LogP contribution in [0.15, 0.2) is 22.7 Å². The fourth-order valence-corrected chi connectivity index (χ4v) is 1.97. The molecule has 0 amide bonds. The predicted molar refractivity (Wildman–Crippen MR) is 74.0 cm³/mol. The maximum atomic E-state index is 12.2. The zero-order valence-electron chi connectivity index (χ0n) is 9.59. The summed E-state index contributed by atoms with van der Waals surface area (Å²) in [4.78, 5) is 1.66. The first-order valence-electron chi connectivity index (χ1n) is 5.08. The van der Waals surface area contributed by atoms with E-state index in [0.717, 1.165) is 4.47 Å². The molecule has 0 saturated heterocycles. The summed E-state index contributed by atoms with van der Waals surface area (Å²) >= 11 is 8.15. The summed E-state index contributed by atoms with van der Waals surface area (Å²) in [5.74, 6) is 0. The van der Waals surface area contributed by atoms with Crippen LogP contribution in [-0.4, -0.2) is 24.8 Å². The van der Waals surface area contributed by atoms with Gasteiger partial charge >= 0.3 is 6.18 Å². The highest BCUT2D eigenvalue weighted by Crippen LogP contribution is 2.26. The second kappa shape index (κ2) is 5.88. The molecule has 2 N–H and O–H groups in total. The molecule has 0 aliphatic carbocycles. The van der Waals surface area contributed by atoms with E-state index in [2.05, 4.69) is 15.9 Å². The highest BCUT2D eigenvalue weighted by atomic mass is 79.9. The third-order valence-corrected chi connectivity index (χ3v) is 3.08. The molecule has 0 aliphatic heterocycles. The van der Waals surface area contributed by atoms with Gasteiger partial charge in [-0.05, 0) is 18.2 Å². The van der Waals surface area contributed by atoms with Crippen molar-refractivity contribution in [3.8, 4) is 0 Å². The van der Waals surface area contributed by atoms with Gasteiger partial charge in [-0.2, -0.15) is 13.2 Å². The van der Waals surface area contributed by atoms with Gasteiger partial charge in [0.05, 0.1) is 6.42 Å². The quantitative estimate of drug-likeness (QED) is 0.851. The Morgan fingerprint density at radius 1 is 1.44 bits per heavy atom. The third-order valence-electron chi connectivity index (χ3n) is 2.37. The van der Waals surface area contributed by atoms with Gasteiger partial charge in [0, 0.05) is 29.3 Å². The largest absolute Gasteiger partial charge is 0.390 e. The molecule has 2 nitrogen and oxygen atoms in total. The Kier molecular flexibility index (Phi) is 4.98. The Morgan fingerprint density at radius 2 is 2.06 bits per heavy atom. The zero-order valence-corrected chi connectivity index (χ0v) is 12.0. The molecule has 0 aromatic heterocycles. The number of hydrogen-bond acceptors (Lipinski definition) is 2. The number of anilines is 1. The Morgan fingerprint density at radius 3 is 2.56 bits per heavy atom. The fourth-order valence-electron chi connectivity index (χ4n) is 1.44. The van der Waals surface area contributed by atoms with Gasteiger partial charge in [-0.25, -0.2) is 0 Å². The number of halogens is 4. The highest BCUT2D eigenvalue weighted by Gasteiger charge is 2.27. The molecule has 1 aromatic rings. The summed E-state index contributed by atoms with van der Waals surface area (Å²) in [6.07, 6.45) is -5.06. The topological polar surface area (TPSA) is 29.3 Å². The van der Waals surface area contributed by atoms with Crippen LogP contribution in [-0.2, 0) is 0 Å². The summed E-state index contributed by atoms with van der Waals surface area (Å²) in [5, 5.41) is 0. The summed E-state index contributed by atoms with van der Waals surface area (Å²) in [6, 6.07) is 5.13. The first-order chi connectivity index (χ1) is 8.20. The van der Waals surface area contributed by atoms with Gasteiger partial charge in [0.2, 0.25) is 0 Å². The number of rotatable bonds is 4. The van der Waals surface area contributed by atoms with Crippen molar-refractivity contribution in [1.82, 2.24) is 0 Å². The number of thiocarbonyl (C=S) groups is 1. The van der Waals surface area contributed by atoms with Gasteiger partial charge in [0.15, 0.2) is 0 Å². The monoisotopic (exact) mass is 340 g/mol. The standard InChI is InChI=1S/C11H12BrF3N2S/c1-17(5-4-11(13,14)15)9-6-7(12)2-3-8(9)10(16)18/h2-3,6H,4-5H2,1H3,(H2,16,18). The minimum Gasteiger partial charge on any atom is -0.389 e. The van der Waals surface area contributed by atoms with E-state index >= 15 is 0 Å². The van der Waals surface area contributed by atoms with Crippen LogP contribution in [0.1, 0.15) is 12.0 Å². The van der Waals surface area contributed by atoms with E-state index in [9.17, 15) is 13.2 Å². The van der Waals surface area contributed by atoms with Crippen molar-refractivity contribution < 1.29 is 13.2 Å². The van der Waals surface area contributed by atoms with Crippen LogP contribution in [0.2, 0.25) is 0 Å². The van der Waals surface area contributed by atoms with E-state index < -0.39 is 12.6 Å². The molecular formula is C11H12BrF3N2S. The van der Waals surface area contributed by atoms with Crippen molar-refractivity contribution >= 4 is 38.8 Å². The van der Waals surface area contributed by atoms with E-state index in [1.807, 2.05) is 0 Å². The lowest BCUT2D eigenvalue weighted by molar-refractivity contribution is -0.132. The predicted octanol–water partition coefficient (Wildman–Crippen LogP) is 3.47. The minimum absolute atomic E-state index is 0.143. The van der Waals surface area contributed by atoms with E-state index in [0.29, 0.717) is 11.3 Å². The molecule has 0 saturated carbocycles. The van der Waals surface area contributed by atoms with Crippen LogP contribution >= 0.6 is 28.1 Å². The molecule has 0 heterocycles. The number of alkyl halides is 3. The minimum atomic E-state index is -4.18. The molecule has 1 aromatic carbocycles. The van der Waals surface area contributed by atoms with Crippen molar-refractivity contribution in [1.29, 1.82) is 0 Å². The van der Waals surface area contributed by atoms with Crippen molar-refractivity contribution in [2.24, 2.45) is 5.73 Å². The molecule has 0 radical (unpaired) electrons. The molecule has 0 atom stereocenters. The van der Waals surface area contributed by atoms with Crippen molar-refractivity contribution in [3.63, 3.8) is 0 Å². The second-order valence-electron chi connectivity index (χ2n) is 3.81. The zero-order chi connectivity index (χ0) is 13.9. The maximum Gasteiger partial charge on any atom is 0.390 e. The van der Waals surface area contributed by atoms with Crippen LogP contribution < -0.4 is 10.6 Å². The maximum absolute atomic E-state index is 12.2. The highest BCUT2D eigenvalue weighted by molar-refractivity contribution is 9.10. The Hall–Kier alpha value is -0.820. The van der Waals surface area contributed by atoms with Gasteiger partial charge in [-0.1, -0.05) is 28.1 Å². The molecule has 100 valence electrons. The first kappa shape index (κ1) is 15.2. The van der Waals surface area contributed by atoms with Crippen molar-refractivity contribution in [3.05, 3.63) is 28.2 Å². The average molecular weight is 341 g/mol. The van der Waals surface area contributed by atoms with Crippen LogP contribution in [0.4, 0.5) is 18.9 Å². The van der Waals surface area contributed by atoms with Gasteiger partial charge in [-0.3, -0.25) is 0 Å². The molecule has 0 fully saturated rings. The molecule has 0 bridgehead atoms. The van der Waals surface area contributed by atoms with Crippen molar-refractivity contribution in [2.45, 2.75) is 12.6 Å². The van der Waals surface area contributed by atoms with E-state index in [1.165, 1.54) is 4.90 Å². The Balaban J connectivity index is 2.93. The van der Waals surface area contributed by atoms with E-state index in [-0.39, 0.29) is 11.5 Å².